The molecular weight excluding hydrogens is 242 g/mol. The number of carbonyl (C=O) groups is 1. The molecule has 1 aliphatic heterocycles. The van der Waals surface area contributed by atoms with Gasteiger partial charge in [-0.1, -0.05) is 36.5 Å². The molecule has 4 heteroatoms. The summed E-state index contributed by atoms with van der Waals surface area (Å²) in [6, 6.07) is 0. The van der Waals surface area contributed by atoms with Crippen LogP contribution in [0.4, 0.5) is 0 Å². The Bertz CT molecular complexity index is 352. The van der Waals surface area contributed by atoms with Crippen LogP contribution in [0.25, 0.3) is 0 Å². The third-order valence-electron chi connectivity index (χ3n) is 3.23. The van der Waals surface area contributed by atoms with Gasteiger partial charge in [-0.2, -0.15) is 0 Å². The molecule has 2 aliphatic rings. The van der Waals surface area contributed by atoms with E-state index in [0.717, 1.165) is 32.8 Å². The van der Waals surface area contributed by atoms with Crippen LogP contribution in [0.1, 0.15) is 6.42 Å². The smallest absolute Gasteiger partial charge is 0.306 e. The van der Waals surface area contributed by atoms with Gasteiger partial charge in [-0.3, -0.25) is 9.69 Å². The van der Waals surface area contributed by atoms with Crippen molar-refractivity contribution < 1.29 is 14.3 Å². The fourth-order valence-electron chi connectivity index (χ4n) is 2.11. The molecule has 1 fully saturated rings. The largest absolute Gasteiger partial charge is 0.464 e. The third kappa shape index (κ3) is 5.41. The number of hydrogen-bond acceptors (Lipinski definition) is 4. The number of esters is 1. The Kier molecular flexibility index (Phi) is 5.85. The molecule has 0 bridgehead atoms. The first kappa shape index (κ1) is 14.0. The number of morpholine rings is 1. The number of nitrogens with zero attached hydrogens (tertiary/aromatic N) is 1. The monoisotopic (exact) mass is 263 g/mol. The zero-order valence-corrected chi connectivity index (χ0v) is 11.2. The Morgan fingerprint density at radius 3 is 2.53 bits per heavy atom. The first-order chi connectivity index (χ1) is 9.34. The molecule has 0 unspecified atom stereocenters. The van der Waals surface area contributed by atoms with Gasteiger partial charge >= 0.3 is 5.97 Å². The van der Waals surface area contributed by atoms with Crippen molar-refractivity contribution in [1.29, 1.82) is 0 Å². The summed E-state index contributed by atoms with van der Waals surface area (Å²) in [5, 5.41) is 0. The van der Waals surface area contributed by atoms with E-state index in [1.54, 1.807) is 0 Å². The first-order valence-electron chi connectivity index (χ1n) is 6.82. The highest BCUT2D eigenvalue weighted by atomic mass is 16.5. The quantitative estimate of drug-likeness (QED) is 0.705. The maximum atomic E-state index is 11.7. The van der Waals surface area contributed by atoms with Gasteiger partial charge in [-0.25, -0.2) is 0 Å². The van der Waals surface area contributed by atoms with Crippen molar-refractivity contribution >= 4 is 5.97 Å². The van der Waals surface area contributed by atoms with Gasteiger partial charge in [-0.05, 0) is 0 Å². The lowest BCUT2D eigenvalue weighted by molar-refractivity contribution is -0.144. The summed E-state index contributed by atoms with van der Waals surface area (Å²) >= 11 is 0. The van der Waals surface area contributed by atoms with Crippen LogP contribution >= 0.6 is 0 Å². The predicted octanol–water partition coefficient (Wildman–Crippen LogP) is 1.55. The highest BCUT2D eigenvalue weighted by molar-refractivity contribution is 5.70. The lowest BCUT2D eigenvalue weighted by Crippen LogP contribution is -2.38. The SMILES string of the molecule is O=C(CC1C=CC=CC=C1)OCCN1CCOCC1. The fourth-order valence-corrected chi connectivity index (χ4v) is 2.11. The number of allylic oxidation sites excluding steroid dienone is 6. The average molecular weight is 263 g/mol. The zero-order valence-electron chi connectivity index (χ0n) is 11.2. The average Bonchev–Trinajstić information content (AvgIpc) is 2.68. The molecule has 0 N–H and O–H groups in total. The highest BCUT2D eigenvalue weighted by Gasteiger charge is 2.13. The van der Waals surface area contributed by atoms with Gasteiger partial charge in [0.2, 0.25) is 0 Å². The molecule has 0 amide bonds. The van der Waals surface area contributed by atoms with Crippen molar-refractivity contribution in [2.75, 3.05) is 39.5 Å². The van der Waals surface area contributed by atoms with E-state index in [4.69, 9.17) is 9.47 Å². The molecule has 19 heavy (non-hydrogen) atoms. The van der Waals surface area contributed by atoms with Gasteiger partial charge in [0.05, 0.1) is 19.6 Å². The fraction of sp³-hybridized carbons (Fsp3) is 0.533. The van der Waals surface area contributed by atoms with E-state index in [0.29, 0.717) is 13.0 Å². The molecule has 2 rings (SSSR count). The molecule has 4 nitrogen and oxygen atoms in total. The normalized spacial score (nSPS) is 20.4. The van der Waals surface area contributed by atoms with E-state index in [2.05, 4.69) is 4.90 Å². The molecular formula is C15H21NO3. The maximum absolute atomic E-state index is 11.7. The van der Waals surface area contributed by atoms with E-state index < -0.39 is 0 Å². The van der Waals surface area contributed by atoms with E-state index in [1.165, 1.54) is 0 Å². The molecule has 0 atom stereocenters. The minimum Gasteiger partial charge on any atom is -0.464 e. The van der Waals surface area contributed by atoms with Crippen molar-refractivity contribution in [3.05, 3.63) is 36.5 Å². The molecule has 0 aromatic heterocycles. The maximum Gasteiger partial charge on any atom is 0.306 e. The van der Waals surface area contributed by atoms with Gasteiger partial charge in [0, 0.05) is 25.6 Å². The molecule has 0 aromatic rings. The second-order valence-corrected chi connectivity index (χ2v) is 4.70. The number of carbonyl (C=O) groups excluding carboxylic acids is 1. The number of rotatable bonds is 5. The Hall–Kier alpha value is -1.39. The van der Waals surface area contributed by atoms with Gasteiger partial charge in [-0.15, -0.1) is 0 Å². The van der Waals surface area contributed by atoms with Crippen molar-refractivity contribution in [3.63, 3.8) is 0 Å². The molecule has 0 radical (unpaired) electrons. The van der Waals surface area contributed by atoms with E-state index >= 15 is 0 Å². The van der Waals surface area contributed by atoms with Crippen LogP contribution in [0.3, 0.4) is 0 Å². The van der Waals surface area contributed by atoms with Crippen LogP contribution in [0.2, 0.25) is 0 Å². The minimum atomic E-state index is -0.130. The molecule has 1 heterocycles. The summed E-state index contributed by atoms with van der Waals surface area (Å²) in [6.45, 7) is 4.68. The second kappa shape index (κ2) is 7.92. The van der Waals surface area contributed by atoms with Crippen LogP contribution < -0.4 is 0 Å². The van der Waals surface area contributed by atoms with Crippen molar-refractivity contribution in [1.82, 2.24) is 4.90 Å². The van der Waals surface area contributed by atoms with Crippen LogP contribution in [0, 0.1) is 5.92 Å². The summed E-state index contributed by atoms with van der Waals surface area (Å²) in [6.07, 6.45) is 12.3. The van der Waals surface area contributed by atoms with E-state index in [-0.39, 0.29) is 11.9 Å². The molecule has 1 saturated heterocycles. The molecule has 1 aliphatic carbocycles. The third-order valence-corrected chi connectivity index (χ3v) is 3.23. The van der Waals surface area contributed by atoms with Crippen molar-refractivity contribution in [2.24, 2.45) is 5.92 Å². The minimum absolute atomic E-state index is 0.130. The standard InChI is InChI=1S/C15H21NO3/c17-15(13-14-5-3-1-2-4-6-14)19-12-9-16-7-10-18-11-8-16/h1-6,14H,7-13H2. The van der Waals surface area contributed by atoms with Crippen LogP contribution in [0.5, 0.6) is 0 Å². The Morgan fingerprint density at radius 1 is 1.16 bits per heavy atom. The van der Waals surface area contributed by atoms with Gasteiger partial charge in [0.1, 0.15) is 6.61 Å². The first-order valence-corrected chi connectivity index (χ1v) is 6.82. The molecule has 0 aromatic carbocycles. The Balaban J connectivity index is 1.61. The van der Waals surface area contributed by atoms with Crippen LogP contribution in [-0.2, 0) is 14.3 Å². The summed E-state index contributed by atoms with van der Waals surface area (Å²) < 4.78 is 10.5. The topological polar surface area (TPSA) is 38.8 Å². The van der Waals surface area contributed by atoms with Gasteiger partial charge in [0.25, 0.3) is 0 Å². The molecule has 0 saturated carbocycles. The lowest BCUT2D eigenvalue weighted by atomic mass is 10.1. The Morgan fingerprint density at radius 2 is 1.84 bits per heavy atom. The second-order valence-electron chi connectivity index (χ2n) is 4.70. The molecule has 0 spiro atoms. The number of ether oxygens (including phenoxy) is 2. The highest BCUT2D eigenvalue weighted by Crippen LogP contribution is 2.11. The lowest BCUT2D eigenvalue weighted by Gasteiger charge is -2.26. The van der Waals surface area contributed by atoms with Crippen LogP contribution in [0.15, 0.2) is 36.5 Å². The van der Waals surface area contributed by atoms with Gasteiger partial charge in [0.15, 0.2) is 0 Å². The summed E-state index contributed by atoms with van der Waals surface area (Å²) in [5.74, 6) is 0.0142. The molecule has 104 valence electrons. The summed E-state index contributed by atoms with van der Waals surface area (Å²) in [7, 11) is 0. The van der Waals surface area contributed by atoms with Crippen molar-refractivity contribution in [3.8, 4) is 0 Å². The van der Waals surface area contributed by atoms with E-state index in [9.17, 15) is 4.79 Å². The predicted molar refractivity (Wildman–Crippen MR) is 73.7 cm³/mol. The summed E-state index contributed by atoms with van der Waals surface area (Å²) in [4.78, 5) is 14.0. The number of hydrogen-bond donors (Lipinski definition) is 0. The summed E-state index contributed by atoms with van der Waals surface area (Å²) in [5.41, 5.74) is 0. The van der Waals surface area contributed by atoms with E-state index in [1.807, 2.05) is 36.5 Å². The van der Waals surface area contributed by atoms with Crippen molar-refractivity contribution in [2.45, 2.75) is 6.42 Å². The van der Waals surface area contributed by atoms with Crippen LogP contribution in [-0.4, -0.2) is 50.3 Å². The van der Waals surface area contributed by atoms with Gasteiger partial charge < -0.3 is 9.47 Å². The Labute approximate surface area is 114 Å². The zero-order chi connectivity index (χ0) is 13.3.